The van der Waals surface area contributed by atoms with Crippen LogP contribution in [0.15, 0.2) is 18.2 Å². The molecule has 1 rings (SSSR count). The molecule has 0 amide bonds. The second-order valence-corrected chi connectivity index (χ2v) is 4.27. The van der Waals surface area contributed by atoms with Gasteiger partial charge in [0.25, 0.3) is 0 Å². The maximum atomic E-state index is 12.6. The lowest BCUT2D eigenvalue weighted by Crippen LogP contribution is -2.13. The van der Waals surface area contributed by atoms with Crippen molar-refractivity contribution in [2.24, 2.45) is 5.92 Å². The van der Waals surface area contributed by atoms with Gasteiger partial charge in [-0.25, -0.2) is 0 Å². The fourth-order valence-electron chi connectivity index (χ4n) is 1.37. The number of ketones is 1. The van der Waals surface area contributed by atoms with Crippen LogP contribution in [0.3, 0.4) is 0 Å². The molecule has 1 atom stereocenters. The average Bonchev–Trinajstić information content (AvgIpc) is 2.26. The first-order valence-corrected chi connectivity index (χ1v) is 5.56. The van der Waals surface area contributed by atoms with Crippen molar-refractivity contribution in [1.29, 1.82) is 0 Å². The Bertz CT molecular complexity index is 426. The predicted molar refractivity (Wildman–Crippen MR) is 60.2 cm³/mol. The summed E-state index contributed by atoms with van der Waals surface area (Å²) in [7, 11) is 0. The molecule has 0 aliphatic carbocycles. The summed E-state index contributed by atoms with van der Waals surface area (Å²) in [6.07, 6.45) is -3.95. The van der Waals surface area contributed by atoms with Crippen molar-refractivity contribution in [2.45, 2.75) is 26.4 Å². The molecular formula is C12H12ClF3O. The van der Waals surface area contributed by atoms with E-state index in [9.17, 15) is 18.0 Å². The van der Waals surface area contributed by atoms with E-state index >= 15 is 0 Å². The Balaban J connectivity index is 3.18. The Labute approximate surface area is 103 Å². The highest BCUT2D eigenvalue weighted by atomic mass is 35.5. The molecule has 0 bridgehead atoms. The highest BCUT2D eigenvalue weighted by Crippen LogP contribution is 2.35. The molecule has 1 aromatic carbocycles. The third-order valence-corrected chi connectivity index (χ3v) is 2.95. The number of halogens is 4. The fraction of sp³-hybridized carbons (Fsp3) is 0.417. The highest BCUT2D eigenvalue weighted by molar-refractivity contribution is 6.31. The molecule has 0 aliphatic heterocycles. The van der Waals surface area contributed by atoms with Crippen LogP contribution in [0.1, 0.15) is 36.2 Å². The van der Waals surface area contributed by atoms with Gasteiger partial charge in [0.05, 0.1) is 10.6 Å². The van der Waals surface area contributed by atoms with Crippen molar-refractivity contribution in [3.05, 3.63) is 34.3 Å². The molecule has 5 heteroatoms. The van der Waals surface area contributed by atoms with Crippen molar-refractivity contribution in [2.75, 3.05) is 0 Å². The van der Waals surface area contributed by atoms with Gasteiger partial charge >= 0.3 is 6.18 Å². The van der Waals surface area contributed by atoms with Crippen LogP contribution >= 0.6 is 11.6 Å². The topological polar surface area (TPSA) is 17.1 Å². The number of hydrogen-bond acceptors (Lipinski definition) is 1. The van der Waals surface area contributed by atoms with E-state index in [1.54, 1.807) is 6.92 Å². The molecule has 0 saturated carbocycles. The van der Waals surface area contributed by atoms with Crippen LogP contribution in [0.5, 0.6) is 0 Å². The maximum absolute atomic E-state index is 12.6. The van der Waals surface area contributed by atoms with E-state index in [-0.39, 0.29) is 17.3 Å². The molecule has 94 valence electrons. The number of benzene rings is 1. The SMILES string of the molecule is CCC(C)C(=O)c1ccc(Cl)c(C(F)(F)F)c1. The first kappa shape index (κ1) is 14.0. The molecule has 0 radical (unpaired) electrons. The van der Waals surface area contributed by atoms with Gasteiger partial charge in [0.1, 0.15) is 0 Å². The zero-order chi connectivity index (χ0) is 13.2. The van der Waals surface area contributed by atoms with Crippen LogP contribution < -0.4 is 0 Å². The van der Waals surface area contributed by atoms with E-state index in [0.29, 0.717) is 6.42 Å². The van der Waals surface area contributed by atoms with Crippen molar-refractivity contribution < 1.29 is 18.0 Å². The number of Topliss-reactive ketones (excluding diaryl/α,β-unsaturated/α-hetero) is 1. The lowest BCUT2D eigenvalue weighted by Gasteiger charge is -2.12. The first-order valence-electron chi connectivity index (χ1n) is 5.18. The molecular weight excluding hydrogens is 253 g/mol. The van der Waals surface area contributed by atoms with Crippen LogP contribution in [-0.4, -0.2) is 5.78 Å². The fourth-order valence-corrected chi connectivity index (χ4v) is 1.59. The summed E-state index contributed by atoms with van der Waals surface area (Å²) in [6, 6.07) is 3.25. The Morgan fingerprint density at radius 2 is 2.00 bits per heavy atom. The standard InChI is InChI=1S/C12H12ClF3O/c1-3-7(2)11(17)8-4-5-10(13)9(6-8)12(14,15)16/h4-7H,3H2,1-2H3. The quantitative estimate of drug-likeness (QED) is 0.730. The molecule has 1 aromatic rings. The summed E-state index contributed by atoms with van der Waals surface area (Å²) in [5.74, 6) is -0.591. The van der Waals surface area contributed by atoms with Crippen molar-refractivity contribution in [3.8, 4) is 0 Å². The molecule has 0 aromatic heterocycles. The van der Waals surface area contributed by atoms with Gasteiger partial charge < -0.3 is 0 Å². The number of alkyl halides is 3. The summed E-state index contributed by atoms with van der Waals surface area (Å²) in [6.45, 7) is 3.49. The number of rotatable bonds is 3. The molecule has 0 fully saturated rings. The molecule has 0 spiro atoms. The number of carbonyl (C=O) groups excluding carboxylic acids is 1. The first-order chi connectivity index (χ1) is 7.77. The lowest BCUT2D eigenvalue weighted by atomic mass is 9.96. The van der Waals surface area contributed by atoms with Gasteiger partial charge in [0.2, 0.25) is 0 Å². The Hall–Kier alpha value is -1.03. The van der Waals surface area contributed by atoms with Gasteiger partial charge in [-0.3, -0.25) is 4.79 Å². The Kier molecular flexibility index (Phi) is 4.20. The molecule has 0 heterocycles. The van der Waals surface area contributed by atoms with Crippen molar-refractivity contribution in [3.63, 3.8) is 0 Å². The van der Waals surface area contributed by atoms with Crippen LogP contribution in [0.25, 0.3) is 0 Å². The molecule has 17 heavy (non-hydrogen) atoms. The van der Waals surface area contributed by atoms with Gasteiger partial charge in [-0.1, -0.05) is 25.4 Å². The second kappa shape index (κ2) is 5.08. The zero-order valence-corrected chi connectivity index (χ0v) is 10.2. The normalized spacial score (nSPS) is 13.5. The van der Waals surface area contributed by atoms with Gasteiger partial charge in [0, 0.05) is 11.5 Å². The molecule has 0 N–H and O–H groups in total. The number of carbonyl (C=O) groups is 1. The van der Waals surface area contributed by atoms with E-state index in [0.717, 1.165) is 12.1 Å². The predicted octanol–water partition coefficient (Wildman–Crippen LogP) is 4.59. The van der Waals surface area contributed by atoms with Crippen molar-refractivity contribution >= 4 is 17.4 Å². The highest BCUT2D eigenvalue weighted by Gasteiger charge is 2.34. The minimum Gasteiger partial charge on any atom is -0.294 e. The smallest absolute Gasteiger partial charge is 0.294 e. The van der Waals surface area contributed by atoms with Crippen LogP contribution in [0.4, 0.5) is 13.2 Å². The molecule has 0 aliphatic rings. The monoisotopic (exact) mass is 264 g/mol. The van der Waals surface area contributed by atoms with Gasteiger partial charge in [-0.15, -0.1) is 0 Å². The third kappa shape index (κ3) is 3.22. The summed E-state index contributed by atoms with van der Waals surface area (Å²) < 4.78 is 37.7. The Morgan fingerprint density at radius 3 is 2.47 bits per heavy atom. The summed E-state index contributed by atoms with van der Waals surface area (Å²) in [5.41, 5.74) is -0.913. The van der Waals surface area contributed by atoms with Crippen LogP contribution in [-0.2, 0) is 6.18 Å². The van der Waals surface area contributed by atoms with E-state index in [4.69, 9.17) is 11.6 Å². The maximum Gasteiger partial charge on any atom is 0.417 e. The van der Waals surface area contributed by atoms with E-state index < -0.39 is 16.8 Å². The van der Waals surface area contributed by atoms with E-state index in [1.165, 1.54) is 6.07 Å². The molecule has 1 unspecified atom stereocenters. The minimum absolute atomic E-state index is 0.0519. The van der Waals surface area contributed by atoms with E-state index in [2.05, 4.69) is 0 Å². The number of hydrogen-bond donors (Lipinski definition) is 0. The van der Waals surface area contributed by atoms with Crippen LogP contribution in [0.2, 0.25) is 5.02 Å². The Morgan fingerprint density at radius 1 is 1.41 bits per heavy atom. The zero-order valence-electron chi connectivity index (χ0n) is 9.44. The molecule has 1 nitrogen and oxygen atoms in total. The van der Waals surface area contributed by atoms with Crippen LogP contribution in [0, 0.1) is 5.92 Å². The van der Waals surface area contributed by atoms with Gasteiger partial charge in [-0.2, -0.15) is 13.2 Å². The van der Waals surface area contributed by atoms with Gasteiger partial charge in [0.15, 0.2) is 5.78 Å². The third-order valence-electron chi connectivity index (χ3n) is 2.62. The average molecular weight is 265 g/mol. The minimum atomic E-state index is -4.54. The van der Waals surface area contributed by atoms with Gasteiger partial charge in [-0.05, 0) is 24.6 Å². The summed E-state index contributed by atoms with van der Waals surface area (Å²) >= 11 is 5.47. The summed E-state index contributed by atoms with van der Waals surface area (Å²) in [4.78, 5) is 11.8. The van der Waals surface area contributed by atoms with Crippen molar-refractivity contribution in [1.82, 2.24) is 0 Å². The molecule has 0 saturated heterocycles. The lowest BCUT2D eigenvalue weighted by molar-refractivity contribution is -0.137. The second-order valence-electron chi connectivity index (χ2n) is 3.87. The summed E-state index contributed by atoms with van der Waals surface area (Å²) in [5, 5.41) is -0.391. The largest absolute Gasteiger partial charge is 0.417 e. The van der Waals surface area contributed by atoms with E-state index in [1.807, 2.05) is 6.92 Å².